The number of carbonyl (C=O) groups excluding carboxylic acids is 1. The number of esters is 1. The molecule has 0 amide bonds. The molecule has 1 heterocycles. The predicted octanol–water partition coefficient (Wildman–Crippen LogP) is 0.0660. The van der Waals surface area contributed by atoms with Crippen molar-refractivity contribution in [3.63, 3.8) is 0 Å². The fourth-order valence-corrected chi connectivity index (χ4v) is 3.55. The maximum Gasteiger partial charge on any atom is 0.322 e. The Labute approximate surface area is 112 Å². The molecule has 0 aromatic rings. The van der Waals surface area contributed by atoms with E-state index in [0.717, 1.165) is 7.11 Å². The molecule has 8 heteroatoms. The smallest absolute Gasteiger partial charge is 0.322 e. The van der Waals surface area contributed by atoms with E-state index in [2.05, 4.69) is 4.74 Å². The van der Waals surface area contributed by atoms with Gasteiger partial charge in [-0.25, -0.2) is 12.7 Å². The number of methoxy groups -OCH3 is 1. The van der Waals surface area contributed by atoms with E-state index in [4.69, 9.17) is 0 Å². The summed E-state index contributed by atoms with van der Waals surface area (Å²) >= 11 is 0. The van der Waals surface area contributed by atoms with Gasteiger partial charge in [-0.05, 0) is 19.3 Å². The number of rotatable bonds is 5. The summed E-state index contributed by atoms with van der Waals surface area (Å²) in [4.78, 5) is 22.3. The fraction of sp³-hybridized carbons (Fsp3) is 0.818. The highest BCUT2D eigenvalue weighted by Gasteiger charge is 2.42. The second-order valence-electron chi connectivity index (χ2n) is 4.67. The van der Waals surface area contributed by atoms with E-state index >= 15 is 0 Å². The number of hydrogen-bond acceptors (Lipinski definition) is 5. The second-order valence-corrected chi connectivity index (χ2v) is 6.64. The molecule has 0 saturated carbocycles. The van der Waals surface area contributed by atoms with Gasteiger partial charge < -0.3 is 9.84 Å². The van der Waals surface area contributed by atoms with E-state index in [1.165, 1.54) is 4.31 Å². The van der Waals surface area contributed by atoms with Crippen LogP contribution < -0.4 is 0 Å². The highest BCUT2D eigenvalue weighted by Crippen LogP contribution is 2.35. The van der Waals surface area contributed by atoms with Gasteiger partial charge in [-0.1, -0.05) is 6.92 Å². The van der Waals surface area contributed by atoms with Crippen LogP contribution in [0.5, 0.6) is 0 Å². The van der Waals surface area contributed by atoms with Crippen molar-refractivity contribution in [2.75, 3.05) is 26.0 Å². The molecule has 0 unspecified atom stereocenters. The molecule has 0 radical (unpaired) electrons. The molecule has 19 heavy (non-hydrogen) atoms. The minimum absolute atomic E-state index is 0.124. The van der Waals surface area contributed by atoms with Crippen LogP contribution in [0.25, 0.3) is 0 Å². The molecule has 1 N–H and O–H groups in total. The van der Waals surface area contributed by atoms with Gasteiger partial charge in [0.15, 0.2) is 5.75 Å². The molecule has 1 saturated heterocycles. The third-order valence-corrected chi connectivity index (χ3v) is 5.48. The number of aliphatic carboxylic acids is 1. The van der Waals surface area contributed by atoms with Gasteiger partial charge in [0, 0.05) is 13.1 Å². The van der Waals surface area contributed by atoms with Crippen LogP contribution in [0.1, 0.15) is 26.2 Å². The van der Waals surface area contributed by atoms with Crippen LogP contribution in [0.2, 0.25) is 0 Å². The highest BCUT2D eigenvalue weighted by atomic mass is 32.2. The Morgan fingerprint density at radius 1 is 1.32 bits per heavy atom. The molecule has 110 valence electrons. The summed E-state index contributed by atoms with van der Waals surface area (Å²) in [6.45, 7) is 2.03. The lowest BCUT2D eigenvalue weighted by molar-refractivity contribution is -0.151. The zero-order chi connectivity index (χ0) is 14.7. The molecular weight excluding hydrogens is 274 g/mol. The Balaban J connectivity index is 2.73. The standard InChI is InChI=1S/C11H19NO6S/c1-3-11(10(14)15)4-6-12(7-5-11)19(16,17)8-9(13)18-2/h3-8H2,1-2H3,(H,14,15). The topological polar surface area (TPSA) is 101 Å². The molecule has 0 bridgehead atoms. The Morgan fingerprint density at radius 2 is 1.84 bits per heavy atom. The van der Waals surface area contributed by atoms with Crippen molar-refractivity contribution >= 4 is 22.0 Å². The molecule has 1 fully saturated rings. The Bertz CT molecular complexity index is 450. The number of carboxylic acids is 1. The first-order valence-electron chi connectivity index (χ1n) is 6.05. The van der Waals surface area contributed by atoms with Crippen molar-refractivity contribution in [2.45, 2.75) is 26.2 Å². The van der Waals surface area contributed by atoms with E-state index in [1.54, 1.807) is 6.92 Å². The summed E-state index contributed by atoms with van der Waals surface area (Å²) in [5, 5.41) is 9.22. The molecule has 1 aliphatic heterocycles. The van der Waals surface area contributed by atoms with Crippen LogP contribution in [0.15, 0.2) is 0 Å². The first-order chi connectivity index (χ1) is 8.77. The minimum Gasteiger partial charge on any atom is -0.481 e. The van der Waals surface area contributed by atoms with Gasteiger partial charge in [-0.2, -0.15) is 0 Å². The summed E-state index contributed by atoms with van der Waals surface area (Å²) < 4.78 is 29.3. The number of nitrogens with zero attached hydrogens (tertiary/aromatic N) is 1. The van der Waals surface area contributed by atoms with Gasteiger partial charge in [0.2, 0.25) is 10.0 Å². The van der Waals surface area contributed by atoms with Crippen molar-refractivity contribution in [1.82, 2.24) is 4.31 Å². The van der Waals surface area contributed by atoms with Crippen molar-refractivity contribution in [3.05, 3.63) is 0 Å². The maximum atomic E-state index is 11.9. The molecule has 0 aromatic heterocycles. The Hall–Kier alpha value is -1.15. The van der Waals surface area contributed by atoms with Crippen LogP contribution in [-0.4, -0.2) is 55.7 Å². The average molecular weight is 293 g/mol. The lowest BCUT2D eigenvalue weighted by atomic mass is 9.77. The van der Waals surface area contributed by atoms with Gasteiger partial charge >= 0.3 is 11.9 Å². The van der Waals surface area contributed by atoms with Gasteiger partial charge in [0.05, 0.1) is 12.5 Å². The summed E-state index contributed by atoms with van der Waals surface area (Å²) in [6, 6.07) is 0. The molecule has 1 aliphatic rings. The van der Waals surface area contributed by atoms with Crippen LogP contribution >= 0.6 is 0 Å². The SMILES string of the molecule is CCC1(C(=O)O)CCN(S(=O)(=O)CC(=O)OC)CC1. The van der Waals surface area contributed by atoms with Gasteiger partial charge in [0.1, 0.15) is 0 Å². The Morgan fingerprint density at radius 3 is 2.21 bits per heavy atom. The number of piperidine rings is 1. The van der Waals surface area contributed by atoms with Crippen LogP contribution in [0.3, 0.4) is 0 Å². The number of carbonyl (C=O) groups is 2. The third kappa shape index (κ3) is 3.44. The summed E-state index contributed by atoms with van der Waals surface area (Å²) in [5.74, 6) is -2.40. The second kappa shape index (κ2) is 5.87. The van der Waals surface area contributed by atoms with Crippen LogP contribution in [0.4, 0.5) is 0 Å². The highest BCUT2D eigenvalue weighted by molar-refractivity contribution is 7.89. The first kappa shape index (κ1) is 15.9. The van der Waals surface area contributed by atoms with Gasteiger partial charge in [0.25, 0.3) is 0 Å². The quantitative estimate of drug-likeness (QED) is 0.720. The summed E-state index contributed by atoms with van der Waals surface area (Å²) in [5.41, 5.74) is -0.850. The monoisotopic (exact) mass is 293 g/mol. The molecular formula is C11H19NO6S. The zero-order valence-electron chi connectivity index (χ0n) is 11.1. The van der Waals surface area contributed by atoms with Crippen molar-refractivity contribution in [3.8, 4) is 0 Å². The number of sulfonamides is 1. The molecule has 0 atom stereocenters. The predicted molar refractivity (Wildman–Crippen MR) is 67.0 cm³/mol. The van der Waals surface area contributed by atoms with E-state index in [1.807, 2.05) is 0 Å². The summed E-state index contributed by atoms with van der Waals surface area (Å²) in [7, 11) is -2.59. The molecule has 0 aromatic carbocycles. The van der Waals surface area contributed by atoms with E-state index in [0.29, 0.717) is 6.42 Å². The zero-order valence-corrected chi connectivity index (χ0v) is 11.9. The molecule has 7 nitrogen and oxygen atoms in total. The lowest BCUT2D eigenvalue weighted by Gasteiger charge is -2.37. The van der Waals surface area contributed by atoms with Crippen molar-refractivity contribution < 1.29 is 27.9 Å². The van der Waals surface area contributed by atoms with Crippen molar-refractivity contribution in [2.24, 2.45) is 5.41 Å². The van der Waals surface area contributed by atoms with E-state index < -0.39 is 33.1 Å². The average Bonchev–Trinajstić information content (AvgIpc) is 2.37. The largest absolute Gasteiger partial charge is 0.481 e. The normalized spacial score (nSPS) is 19.9. The minimum atomic E-state index is -3.71. The maximum absolute atomic E-state index is 11.9. The van der Waals surface area contributed by atoms with Crippen LogP contribution in [-0.2, 0) is 24.3 Å². The van der Waals surface area contributed by atoms with Crippen LogP contribution in [0, 0.1) is 5.41 Å². The molecule has 1 rings (SSSR count). The lowest BCUT2D eigenvalue weighted by Crippen LogP contribution is -2.47. The third-order valence-electron chi connectivity index (χ3n) is 3.73. The van der Waals surface area contributed by atoms with E-state index in [9.17, 15) is 23.1 Å². The number of carboxylic acid groups (broad SMARTS) is 1. The Kier molecular flexibility index (Phi) is 4.92. The fourth-order valence-electron chi connectivity index (χ4n) is 2.21. The van der Waals surface area contributed by atoms with Crippen molar-refractivity contribution in [1.29, 1.82) is 0 Å². The van der Waals surface area contributed by atoms with E-state index in [-0.39, 0.29) is 25.9 Å². The molecule has 0 aliphatic carbocycles. The first-order valence-corrected chi connectivity index (χ1v) is 7.66. The van der Waals surface area contributed by atoms with Gasteiger partial charge in [-0.3, -0.25) is 9.59 Å². The number of ether oxygens (including phenoxy) is 1. The summed E-state index contributed by atoms with van der Waals surface area (Å²) in [6.07, 6.45) is 0.992. The van der Waals surface area contributed by atoms with Gasteiger partial charge in [-0.15, -0.1) is 0 Å². The number of hydrogen-bond donors (Lipinski definition) is 1. The molecule has 0 spiro atoms.